The predicted molar refractivity (Wildman–Crippen MR) is 128 cm³/mol. The van der Waals surface area contributed by atoms with Crippen LogP contribution in [0.15, 0.2) is 70.8 Å². The molecule has 6 heteroatoms. The molecule has 152 valence electrons. The van der Waals surface area contributed by atoms with Gasteiger partial charge in [0.05, 0.1) is 4.47 Å². The first-order valence-corrected chi connectivity index (χ1v) is 10.9. The highest BCUT2D eigenvalue weighted by atomic mass is 79.9. The molecule has 0 aliphatic carbocycles. The van der Waals surface area contributed by atoms with E-state index < -0.39 is 0 Å². The topological polar surface area (TPSA) is 32.8 Å². The van der Waals surface area contributed by atoms with Gasteiger partial charge in [-0.2, -0.15) is 0 Å². The van der Waals surface area contributed by atoms with Gasteiger partial charge >= 0.3 is 0 Å². The Morgan fingerprint density at radius 3 is 2.53 bits per heavy atom. The zero-order chi connectivity index (χ0) is 21.3. The Labute approximate surface area is 189 Å². The quantitative estimate of drug-likeness (QED) is 0.351. The zero-order valence-corrected chi connectivity index (χ0v) is 19.2. The Hall–Kier alpha value is -2.70. The normalized spacial score (nSPS) is 15.5. The summed E-state index contributed by atoms with van der Waals surface area (Å²) >= 11 is 8.94. The van der Waals surface area contributed by atoms with Crippen LogP contribution in [0.4, 0.5) is 0 Å². The number of thiocarbonyl (C=S) groups is 1. The standard InChI is InChI=1S/C24H21BrN2O2S/c1-3-27-23(28)21(26(2)24(27)30)14-16-9-11-22(20(25)13-16)29-15-17-8-10-18-6-4-5-7-19(18)12-17/h4-14H,3,15H2,1-2H3/b21-14-. The smallest absolute Gasteiger partial charge is 0.276 e. The van der Waals surface area contributed by atoms with Gasteiger partial charge in [0.25, 0.3) is 5.91 Å². The van der Waals surface area contributed by atoms with Gasteiger partial charge in [0.2, 0.25) is 0 Å². The fraction of sp³-hybridized carbons (Fsp3) is 0.167. The van der Waals surface area contributed by atoms with E-state index in [0.29, 0.717) is 24.0 Å². The molecule has 4 nitrogen and oxygen atoms in total. The molecule has 0 saturated carbocycles. The number of hydrogen-bond donors (Lipinski definition) is 0. The molecule has 0 radical (unpaired) electrons. The van der Waals surface area contributed by atoms with Crippen LogP contribution in [0.5, 0.6) is 5.75 Å². The average molecular weight is 481 g/mol. The van der Waals surface area contributed by atoms with Crippen molar-refractivity contribution in [3.63, 3.8) is 0 Å². The van der Waals surface area contributed by atoms with Crippen LogP contribution in [0.1, 0.15) is 18.1 Å². The molecule has 0 unspecified atom stereocenters. The van der Waals surface area contributed by atoms with Gasteiger partial charge < -0.3 is 9.64 Å². The monoisotopic (exact) mass is 480 g/mol. The maximum absolute atomic E-state index is 12.6. The molecule has 0 spiro atoms. The van der Waals surface area contributed by atoms with Gasteiger partial charge in [-0.1, -0.05) is 42.5 Å². The number of nitrogens with zero attached hydrogens (tertiary/aromatic N) is 2. The largest absolute Gasteiger partial charge is 0.488 e. The minimum absolute atomic E-state index is 0.0715. The number of likely N-dealkylation sites (N-methyl/N-ethyl adjacent to an activating group) is 2. The van der Waals surface area contributed by atoms with Crippen LogP contribution in [0, 0.1) is 0 Å². The third-order valence-corrected chi connectivity index (χ3v) is 6.24. The first-order valence-electron chi connectivity index (χ1n) is 9.69. The Balaban J connectivity index is 1.50. The Morgan fingerprint density at radius 1 is 1.07 bits per heavy atom. The molecular formula is C24H21BrN2O2S. The summed E-state index contributed by atoms with van der Waals surface area (Å²) in [5.41, 5.74) is 2.58. The van der Waals surface area contributed by atoms with E-state index in [1.165, 1.54) is 10.8 Å². The highest BCUT2D eigenvalue weighted by Crippen LogP contribution is 2.29. The van der Waals surface area contributed by atoms with Crippen molar-refractivity contribution in [2.24, 2.45) is 0 Å². The molecule has 0 aromatic heterocycles. The summed E-state index contributed by atoms with van der Waals surface area (Å²) in [7, 11) is 1.82. The molecule has 0 bridgehead atoms. The van der Waals surface area contributed by atoms with Crippen LogP contribution in [0.2, 0.25) is 0 Å². The SMILES string of the molecule is CCN1C(=O)/C(=C/c2ccc(OCc3ccc4ccccc4c3)c(Br)c2)N(C)C1=S. The molecule has 3 aromatic rings. The number of hydrogen-bond acceptors (Lipinski definition) is 3. The lowest BCUT2D eigenvalue weighted by atomic mass is 10.1. The summed E-state index contributed by atoms with van der Waals surface area (Å²) in [6.45, 7) is 2.95. The molecule has 1 aliphatic heterocycles. The second-order valence-corrected chi connectivity index (χ2v) is 8.30. The average Bonchev–Trinajstić information content (AvgIpc) is 2.95. The first-order chi connectivity index (χ1) is 14.5. The number of carbonyl (C=O) groups is 1. The molecule has 30 heavy (non-hydrogen) atoms. The fourth-order valence-electron chi connectivity index (χ4n) is 3.46. The van der Waals surface area contributed by atoms with Crippen LogP contribution < -0.4 is 4.74 Å². The fourth-order valence-corrected chi connectivity index (χ4v) is 4.28. The lowest BCUT2D eigenvalue weighted by Crippen LogP contribution is -2.30. The van der Waals surface area contributed by atoms with Gasteiger partial charge in [0.1, 0.15) is 18.1 Å². The Kier molecular flexibility index (Phi) is 5.88. The van der Waals surface area contributed by atoms with E-state index in [1.54, 1.807) is 9.80 Å². The van der Waals surface area contributed by atoms with E-state index in [-0.39, 0.29) is 5.91 Å². The van der Waals surface area contributed by atoms with Gasteiger partial charge in [-0.25, -0.2) is 0 Å². The van der Waals surface area contributed by atoms with E-state index in [2.05, 4.69) is 46.3 Å². The third-order valence-electron chi connectivity index (χ3n) is 5.13. The van der Waals surface area contributed by atoms with E-state index in [9.17, 15) is 4.79 Å². The van der Waals surface area contributed by atoms with Crippen molar-refractivity contribution in [3.8, 4) is 5.75 Å². The minimum Gasteiger partial charge on any atom is -0.488 e. The summed E-state index contributed by atoms with van der Waals surface area (Å²) in [6, 6.07) is 20.4. The van der Waals surface area contributed by atoms with Crippen LogP contribution in [0.3, 0.4) is 0 Å². The highest BCUT2D eigenvalue weighted by Gasteiger charge is 2.34. The second kappa shape index (κ2) is 8.58. The molecule has 0 N–H and O–H groups in total. The van der Waals surface area contributed by atoms with Crippen molar-refractivity contribution in [1.82, 2.24) is 9.80 Å². The number of fused-ring (bicyclic) bond motifs is 1. The lowest BCUT2D eigenvalue weighted by Gasteiger charge is -2.13. The number of ether oxygens (including phenoxy) is 1. The molecule has 0 atom stereocenters. The molecular weight excluding hydrogens is 460 g/mol. The predicted octanol–water partition coefficient (Wildman–Crippen LogP) is 5.60. The molecule has 1 fully saturated rings. The number of halogens is 1. The van der Waals surface area contributed by atoms with E-state index in [0.717, 1.165) is 21.3 Å². The van der Waals surface area contributed by atoms with Gasteiger partial charge in [-0.05, 0) is 81.2 Å². The van der Waals surface area contributed by atoms with Crippen LogP contribution in [-0.2, 0) is 11.4 Å². The summed E-state index contributed by atoms with van der Waals surface area (Å²) in [5.74, 6) is 0.680. The maximum atomic E-state index is 12.6. The third kappa shape index (κ3) is 3.98. The van der Waals surface area contributed by atoms with E-state index in [4.69, 9.17) is 17.0 Å². The van der Waals surface area contributed by atoms with Crippen molar-refractivity contribution in [2.45, 2.75) is 13.5 Å². The van der Waals surface area contributed by atoms with Gasteiger partial charge in [-0.15, -0.1) is 0 Å². The van der Waals surface area contributed by atoms with Crippen LogP contribution >= 0.6 is 28.1 Å². The van der Waals surface area contributed by atoms with E-state index >= 15 is 0 Å². The number of rotatable bonds is 5. The van der Waals surface area contributed by atoms with E-state index in [1.807, 2.05) is 50.4 Å². The van der Waals surface area contributed by atoms with Crippen molar-refractivity contribution in [3.05, 3.63) is 82.0 Å². The van der Waals surface area contributed by atoms with Gasteiger partial charge in [0.15, 0.2) is 5.11 Å². The van der Waals surface area contributed by atoms with Crippen LogP contribution in [0.25, 0.3) is 16.8 Å². The molecule has 3 aromatic carbocycles. The maximum Gasteiger partial charge on any atom is 0.276 e. The van der Waals surface area contributed by atoms with Crippen molar-refractivity contribution in [1.29, 1.82) is 0 Å². The Bertz CT molecular complexity index is 1170. The summed E-state index contributed by atoms with van der Waals surface area (Å²) in [5, 5.41) is 2.94. The summed E-state index contributed by atoms with van der Waals surface area (Å²) < 4.78 is 6.85. The lowest BCUT2D eigenvalue weighted by molar-refractivity contribution is -0.122. The van der Waals surface area contributed by atoms with Gasteiger partial charge in [0, 0.05) is 13.6 Å². The number of carbonyl (C=O) groups excluding carboxylic acids is 1. The molecule has 1 aliphatic rings. The summed E-state index contributed by atoms with van der Waals surface area (Å²) in [6.07, 6.45) is 1.85. The van der Waals surface area contributed by atoms with Crippen molar-refractivity contribution < 1.29 is 9.53 Å². The first kappa shape index (κ1) is 20.6. The minimum atomic E-state index is -0.0715. The molecule has 1 amide bonds. The highest BCUT2D eigenvalue weighted by molar-refractivity contribution is 9.10. The van der Waals surface area contributed by atoms with Crippen LogP contribution in [-0.4, -0.2) is 34.4 Å². The van der Waals surface area contributed by atoms with Crippen molar-refractivity contribution in [2.75, 3.05) is 13.6 Å². The number of benzene rings is 3. The van der Waals surface area contributed by atoms with Crippen molar-refractivity contribution >= 4 is 56.0 Å². The zero-order valence-electron chi connectivity index (χ0n) is 16.8. The molecule has 4 rings (SSSR count). The number of amides is 1. The van der Waals surface area contributed by atoms with Gasteiger partial charge in [-0.3, -0.25) is 9.69 Å². The molecule has 1 saturated heterocycles. The summed E-state index contributed by atoms with van der Waals surface area (Å²) in [4.78, 5) is 15.9. The Morgan fingerprint density at radius 2 is 1.83 bits per heavy atom. The second-order valence-electron chi connectivity index (χ2n) is 7.08. The molecule has 1 heterocycles.